The standard InChI is InChI=1S/C36H26/c1-3-4-10-23(2)33-29-13-5-7-15-31(29)36(32-16-8-6-14-30(32)33)28-21-26-19-17-24-11-9-12-25-18-20-27(22-28)35(26)34(24)25/h3-22H,1-2H3/b4-3-,23-10+. The quantitative estimate of drug-likeness (QED) is 0.140. The summed E-state index contributed by atoms with van der Waals surface area (Å²) in [6, 6.07) is 38.3. The van der Waals surface area contributed by atoms with Crippen molar-refractivity contribution in [2.75, 3.05) is 0 Å². The Labute approximate surface area is 211 Å². The van der Waals surface area contributed by atoms with Gasteiger partial charge in [0.15, 0.2) is 0 Å². The van der Waals surface area contributed by atoms with Crippen molar-refractivity contribution in [3.63, 3.8) is 0 Å². The smallest absolute Gasteiger partial charge is 0.00259 e. The minimum atomic E-state index is 1.27. The molecule has 0 nitrogen and oxygen atoms in total. The van der Waals surface area contributed by atoms with Crippen molar-refractivity contribution in [3.05, 3.63) is 127 Å². The highest BCUT2D eigenvalue weighted by Crippen LogP contribution is 2.44. The number of hydrogen-bond acceptors (Lipinski definition) is 0. The van der Waals surface area contributed by atoms with E-state index in [1.807, 2.05) is 0 Å². The fraction of sp³-hybridized carbons (Fsp3) is 0.0556. The average molecular weight is 459 g/mol. The van der Waals surface area contributed by atoms with E-state index in [1.165, 1.54) is 76.1 Å². The van der Waals surface area contributed by atoms with Gasteiger partial charge in [-0.2, -0.15) is 0 Å². The first-order valence-corrected chi connectivity index (χ1v) is 12.7. The van der Waals surface area contributed by atoms with Crippen LogP contribution in [0, 0.1) is 0 Å². The van der Waals surface area contributed by atoms with E-state index in [4.69, 9.17) is 0 Å². The zero-order chi connectivity index (χ0) is 24.2. The van der Waals surface area contributed by atoms with E-state index in [0.29, 0.717) is 0 Å². The Morgan fingerprint density at radius 2 is 1.06 bits per heavy atom. The van der Waals surface area contributed by atoms with Gasteiger partial charge < -0.3 is 0 Å². The fourth-order valence-electron chi connectivity index (χ4n) is 6.09. The van der Waals surface area contributed by atoms with Crippen LogP contribution < -0.4 is 0 Å². The van der Waals surface area contributed by atoms with Gasteiger partial charge in [0, 0.05) is 0 Å². The van der Waals surface area contributed by atoms with E-state index in [-0.39, 0.29) is 0 Å². The molecule has 0 amide bonds. The topological polar surface area (TPSA) is 0 Å². The lowest BCUT2D eigenvalue weighted by Crippen LogP contribution is -1.93. The minimum absolute atomic E-state index is 1.27. The fourth-order valence-corrected chi connectivity index (χ4v) is 6.09. The zero-order valence-electron chi connectivity index (χ0n) is 20.5. The molecule has 0 aromatic heterocycles. The van der Waals surface area contributed by atoms with Crippen LogP contribution in [0.2, 0.25) is 0 Å². The molecule has 0 spiro atoms. The molecule has 0 atom stereocenters. The van der Waals surface area contributed by atoms with Crippen molar-refractivity contribution in [1.82, 2.24) is 0 Å². The second kappa shape index (κ2) is 8.07. The summed E-state index contributed by atoms with van der Waals surface area (Å²) in [4.78, 5) is 0. The monoisotopic (exact) mass is 458 g/mol. The van der Waals surface area contributed by atoms with Crippen LogP contribution in [-0.2, 0) is 0 Å². The molecule has 0 heteroatoms. The Kier molecular flexibility index (Phi) is 4.69. The first-order valence-electron chi connectivity index (χ1n) is 12.7. The summed E-state index contributed by atoms with van der Waals surface area (Å²) >= 11 is 0. The van der Waals surface area contributed by atoms with Crippen LogP contribution in [-0.4, -0.2) is 0 Å². The molecular weight excluding hydrogens is 432 g/mol. The Balaban J connectivity index is 1.63. The first-order chi connectivity index (χ1) is 17.7. The molecule has 36 heavy (non-hydrogen) atoms. The molecule has 7 rings (SSSR count). The number of allylic oxidation sites excluding steroid dienone is 4. The molecular formula is C36H26. The Morgan fingerprint density at radius 3 is 1.61 bits per heavy atom. The van der Waals surface area contributed by atoms with Crippen molar-refractivity contribution in [2.45, 2.75) is 13.8 Å². The summed E-state index contributed by atoms with van der Waals surface area (Å²) in [6.45, 7) is 4.29. The summed E-state index contributed by atoms with van der Waals surface area (Å²) in [7, 11) is 0. The van der Waals surface area contributed by atoms with Gasteiger partial charge in [-0.05, 0) is 102 Å². The maximum atomic E-state index is 2.39. The van der Waals surface area contributed by atoms with Crippen LogP contribution in [0.4, 0.5) is 0 Å². The average Bonchev–Trinajstić information content (AvgIpc) is 2.93. The lowest BCUT2D eigenvalue weighted by Gasteiger charge is -2.19. The summed E-state index contributed by atoms with van der Waals surface area (Å²) < 4.78 is 0. The van der Waals surface area contributed by atoms with Crippen LogP contribution in [0.3, 0.4) is 0 Å². The molecule has 7 aromatic carbocycles. The Morgan fingerprint density at radius 1 is 0.556 bits per heavy atom. The predicted molar refractivity (Wildman–Crippen MR) is 159 cm³/mol. The summed E-state index contributed by atoms with van der Waals surface area (Å²) in [6.07, 6.45) is 6.44. The van der Waals surface area contributed by atoms with Crippen molar-refractivity contribution in [1.29, 1.82) is 0 Å². The molecule has 0 saturated carbocycles. The van der Waals surface area contributed by atoms with E-state index in [1.54, 1.807) is 0 Å². The molecule has 0 radical (unpaired) electrons. The lowest BCUT2D eigenvalue weighted by atomic mass is 9.84. The predicted octanol–water partition coefficient (Wildman–Crippen LogP) is 10.5. The second-order valence-corrected chi connectivity index (χ2v) is 9.72. The molecule has 0 fully saturated rings. The van der Waals surface area contributed by atoms with Crippen molar-refractivity contribution >= 4 is 59.4 Å². The molecule has 0 unspecified atom stereocenters. The lowest BCUT2D eigenvalue weighted by molar-refractivity contribution is 1.63. The van der Waals surface area contributed by atoms with Crippen molar-refractivity contribution < 1.29 is 0 Å². The maximum Gasteiger partial charge on any atom is -0.00259 e. The third kappa shape index (κ3) is 3.01. The number of benzene rings is 7. The summed E-state index contributed by atoms with van der Waals surface area (Å²) in [5, 5.41) is 13.1. The molecule has 0 saturated heterocycles. The maximum absolute atomic E-state index is 2.39. The van der Waals surface area contributed by atoms with Gasteiger partial charge in [-0.3, -0.25) is 0 Å². The van der Waals surface area contributed by atoms with Crippen molar-refractivity contribution in [3.8, 4) is 11.1 Å². The Hall–Kier alpha value is -4.42. The van der Waals surface area contributed by atoms with Gasteiger partial charge >= 0.3 is 0 Å². The van der Waals surface area contributed by atoms with E-state index in [9.17, 15) is 0 Å². The number of hydrogen-bond donors (Lipinski definition) is 0. The van der Waals surface area contributed by atoms with E-state index < -0.39 is 0 Å². The molecule has 0 aliphatic carbocycles. The SMILES string of the molecule is C/C=C\C=C(/C)c1c2ccccc2c(-c2cc3ccc4cccc5ccc(c2)c3c45)c2ccccc12. The van der Waals surface area contributed by atoms with Crippen LogP contribution in [0.25, 0.3) is 70.6 Å². The first kappa shape index (κ1) is 20.9. The van der Waals surface area contributed by atoms with Gasteiger partial charge in [0.1, 0.15) is 0 Å². The molecule has 7 aromatic rings. The molecule has 0 N–H and O–H groups in total. The van der Waals surface area contributed by atoms with Gasteiger partial charge in [0.25, 0.3) is 0 Å². The third-order valence-corrected chi connectivity index (χ3v) is 7.62. The van der Waals surface area contributed by atoms with Gasteiger partial charge in [-0.25, -0.2) is 0 Å². The van der Waals surface area contributed by atoms with Crippen LogP contribution >= 0.6 is 0 Å². The molecule has 170 valence electrons. The molecule has 0 aliphatic heterocycles. The molecule has 0 aliphatic rings. The van der Waals surface area contributed by atoms with Crippen LogP contribution in [0.5, 0.6) is 0 Å². The highest BCUT2D eigenvalue weighted by Gasteiger charge is 2.17. The summed E-state index contributed by atoms with van der Waals surface area (Å²) in [5.41, 5.74) is 5.19. The zero-order valence-corrected chi connectivity index (χ0v) is 20.5. The molecule has 0 bridgehead atoms. The summed E-state index contributed by atoms with van der Waals surface area (Å²) in [5.74, 6) is 0. The second-order valence-electron chi connectivity index (χ2n) is 9.72. The van der Waals surface area contributed by atoms with Crippen LogP contribution in [0.15, 0.2) is 121 Å². The number of rotatable bonds is 3. The van der Waals surface area contributed by atoms with E-state index >= 15 is 0 Å². The minimum Gasteiger partial charge on any atom is -0.0877 e. The van der Waals surface area contributed by atoms with Gasteiger partial charge in [0.2, 0.25) is 0 Å². The van der Waals surface area contributed by atoms with Gasteiger partial charge in [0.05, 0.1) is 0 Å². The van der Waals surface area contributed by atoms with E-state index in [0.717, 1.165) is 0 Å². The highest BCUT2D eigenvalue weighted by molar-refractivity contribution is 6.25. The van der Waals surface area contributed by atoms with Gasteiger partial charge in [-0.15, -0.1) is 0 Å². The van der Waals surface area contributed by atoms with Crippen molar-refractivity contribution in [2.24, 2.45) is 0 Å². The highest BCUT2D eigenvalue weighted by atomic mass is 14.2. The normalized spacial score (nSPS) is 12.8. The van der Waals surface area contributed by atoms with Gasteiger partial charge in [-0.1, -0.05) is 109 Å². The largest absolute Gasteiger partial charge is 0.0877 e. The molecule has 0 heterocycles. The Bertz CT molecular complexity index is 1880. The van der Waals surface area contributed by atoms with E-state index in [2.05, 4.69) is 135 Å². The number of fused-ring (bicyclic) bond motifs is 2. The third-order valence-electron chi connectivity index (χ3n) is 7.62. The van der Waals surface area contributed by atoms with Crippen LogP contribution in [0.1, 0.15) is 19.4 Å².